The van der Waals surface area contributed by atoms with Gasteiger partial charge in [0.1, 0.15) is 0 Å². The van der Waals surface area contributed by atoms with Gasteiger partial charge in [-0.05, 0) is 35.9 Å². The standard InChI is InChI=1S/C13H15N3/c1-16-11-6-7-13(15)12(8-11)9-2-4-10(14)5-3-9/h2-8,16H,14-15H2,1H3. The molecule has 16 heavy (non-hydrogen) atoms. The van der Waals surface area contributed by atoms with Crippen LogP contribution in [0.1, 0.15) is 0 Å². The highest BCUT2D eigenvalue weighted by Gasteiger charge is 2.03. The molecule has 3 heteroatoms. The molecule has 0 saturated heterocycles. The van der Waals surface area contributed by atoms with Gasteiger partial charge in [-0.3, -0.25) is 0 Å². The lowest BCUT2D eigenvalue weighted by molar-refractivity contribution is 1.50. The molecule has 0 saturated carbocycles. The third-order valence-corrected chi connectivity index (χ3v) is 2.56. The Morgan fingerprint density at radius 1 is 0.938 bits per heavy atom. The van der Waals surface area contributed by atoms with Gasteiger partial charge in [-0.15, -0.1) is 0 Å². The van der Waals surface area contributed by atoms with Crippen LogP contribution in [0, 0.1) is 0 Å². The van der Waals surface area contributed by atoms with Crippen LogP contribution in [0.2, 0.25) is 0 Å². The van der Waals surface area contributed by atoms with Crippen LogP contribution in [0.4, 0.5) is 17.1 Å². The van der Waals surface area contributed by atoms with Gasteiger partial charge in [0.25, 0.3) is 0 Å². The third-order valence-electron chi connectivity index (χ3n) is 2.56. The van der Waals surface area contributed by atoms with Crippen LogP contribution in [-0.4, -0.2) is 7.05 Å². The van der Waals surface area contributed by atoms with E-state index in [0.717, 1.165) is 28.2 Å². The van der Waals surface area contributed by atoms with E-state index in [2.05, 4.69) is 5.32 Å². The van der Waals surface area contributed by atoms with Crippen molar-refractivity contribution >= 4 is 17.1 Å². The van der Waals surface area contributed by atoms with Gasteiger partial charge in [0.05, 0.1) is 0 Å². The summed E-state index contributed by atoms with van der Waals surface area (Å²) in [7, 11) is 1.89. The summed E-state index contributed by atoms with van der Waals surface area (Å²) in [6.07, 6.45) is 0. The van der Waals surface area contributed by atoms with Crippen molar-refractivity contribution in [2.24, 2.45) is 0 Å². The fourth-order valence-electron chi connectivity index (χ4n) is 1.62. The lowest BCUT2D eigenvalue weighted by Gasteiger charge is -2.09. The minimum atomic E-state index is 0.757. The second-order valence-electron chi connectivity index (χ2n) is 3.67. The fourth-order valence-corrected chi connectivity index (χ4v) is 1.62. The average Bonchev–Trinajstić information content (AvgIpc) is 2.31. The first-order valence-electron chi connectivity index (χ1n) is 5.14. The summed E-state index contributed by atoms with van der Waals surface area (Å²) in [5, 5.41) is 3.10. The van der Waals surface area contributed by atoms with Gasteiger partial charge in [0.15, 0.2) is 0 Å². The van der Waals surface area contributed by atoms with Crippen molar-refractivity contribution in [3.8, 4) is 11.1 Å². The molecule has 2 aromatic rings. The summed E-state index contributed by atoms with van der Waals surface area (Å²) < 4.78 is 0. The number of anilines is 3. The van der Waals surface area contributed by atoms with Gasteiger partial charge in [0, 0.05) is 29.7 Å². The summed E-state index contributed by atoms with van der Waals surface area (Å²) in [4.78, 5) is 0. The van der Waals surface area contributed by atoms with E-state index in [9.17, 15) is 0 Å². The zero-order chi connectivity index (χ0) is 11.5. The van der Waals surface area contributed by atoms with Crippen molar-refractivity contribution in [1.29, 1.82) is 0 Å². The molecule has 0 radical (unpaired) electrons. The first-order chi connectivity index (χ1) is 7.70. The van der Waals surface area contributed by atoms with Crippen molar-refractivity contribution in [3.63, 3.8) is 0 Å². The Kier molecular flexibility index (Phi) is 2.68. The number of nitrogens with two attached hydrogens (primary N) is 2. The van der Waals surface area contributed by atoms with Gasteiger partial charge in [-0.25, -0.2) is 0 Å². The zero-order valence-corrected chi connectivity index (χ0v) is 9.20. The van der Waals surface area contributed by atoms with Crippen LogP contribution in [0.3, 0.4) is 0 Å². The highest BCUT2D eigenvalue weighted by atomic mass is 14.8. The smallest absolute Gasteiger partial charge is 0.0395 e. The molecular weight excluding hydrogens is 198 g/mol. The van der Waals surface area contributed by atoms with Gasteiger partial charge in [0.2, 0.25) is 0 Å². The van der Waals surface area contributed by atoms with E-state index in [1.54, 1.807) is 0 Å². The lowest BCUT2D eigenvalue weighted by Crippen LogP contribution is -1.94. The van der Waals surface area contributed by atoms with Crippen LogP contribution in [-0.2, 0) is 0 Å². The lowest BCUT2D eigenvalue weighted by atomic mass is 10.0. The molecule has 3 nitrogen and oxygen atoms in total. The number of nitrogens with one attached hydrogen (secondary N) is 1. The van der Waals surface area contributed by atoms with Crippen LogP contribution in [0.15, 0.2) is 42.5 Å². The van der Waals surface area contributed by atoms with E-state index >= 15 is 0 Å². The Hall–Kier alpha value is -2.16. The Labute approximate surface area is 95.1 Å². The molecule has 0 aliphatic rings. The van der Waals surface area contributed by atoms with Crippen molar-refractivity contribution in [2.45, 2.75) is 0 Å². The Morgan fingerprint density at radius 2 is 1.62 bits per heavy atom. The minimum Gasteiger partial charge on any atom is -0.399 e. The molecule has 2 rings (SSSR count). The molecule has 0 aliphatic carbocycles. The van der Waals surface area contributed by atoms with Crippen LogP contribution >= 0.6 is 0 Å². The summed E-state index contributed by atoms with van der Waals surface area (Å²) in [5.74, 6) is 0. The van der Waals surface area contributed by atoms with Gasteiger partial charge in [-0.1, -0.05) is 12.1 Å². The van der Waals surface area contributed by atoms with Gasteiger partial charge in [-0.2, -0.15) is 0 Å². The van der Waals surface area contributed by atoms with Gasteiger partial charge < -0.3 is 16.8 Å². The molecule has 0 fully saturated rings. The van der Waals surface area contributed by atoms with Crippen LogP contribution in [0.25, 0.3) is 11.1 Å². The largest absolute Gasteiger partial charge is 0.399 e. The second-order valence-corrected chi connectivity index (χ2v) is 3.67. The van der Waals surface area contributed by atoms with E-state index in [1.807, 2.05) is 49.5 Å². The van der Waals surface area contributed by atoms with Crippen molar-refractivity contribution in [3.05, 3.63) is 42.5 Å². The molecule has 2 aromatic carbocycles. The zero-order valence-electron chi connectivity index (χ0n) is 9.20. The van der Waals surface area contributed by atoms with Crippen LogP contribution < -0.4 is 16.8 Å². The summed E-state index contributed by atoms with van der Waals surface area (Å²) in [6, 6.07) is 13.6. The Bertz CT molecular complexity index is 489. The Balaban J connectivity index is 2.50. The molecule has 0 atom stereocenters. The summed E-state index contributed by atoms with van der Waals surface area (Å²) >= 11 is 0. The molecule has 0 heterocycles. The topological polar surface area (TPSA) is 64.1 Å². The molecule has 82 valence electrons. The SMILES string of the molecule is CNc1ccc(N)c(-c2ccc(N)cc2)c1. The maximum atomic E-state index is 5.96. The first kappa shape index (κ1) is 10.4. The predicted molar refractivity (Wildman–Crippen MR) is 70.2 cm³/mol. The highest BCUT2D eigenvalue weighted by Crippen LogP contribution is 2.29. The number of hydrogen-bond acceptors (Lipinski definition) is 3. The van der Waals surface area contributed by atoms with E-state index in [0.29, 0.717) is 0 Å². The monoisotopic (exact) mass is 213 g/mol. The highest BCUT2D eigenvalue weighted by molar-refractivity contribution is 5.80. The van der Waals surface area contributed by atoms with E-state index < -0.39 is 0 Å². The quantitative estimate of drug-likeness (QED) is 0.672. The van der Waals surface area contributed by atoms with Gasteiger partial charge >= 0.3 is 0 Å². The molecular formula is C13H15N3. The third kappa shape index (κ3) is 1.93. The number of hydrogen-bond donors (Lipinski definition) is 3. The first-order valence-corrected chi connectivity index (χ1v) is 5.14. The maximum absolute atomic E-state index is 5.96. The van der Waals surface area contributed by atoms with E-state index in [4.69, 9.17) is 11.5 Å². The van der Waals surface area contributed by atoms with E-state index in [1.165, 1.54) is 0 Å². The normalized spacial score (nSPS) is 10.1. The average molecular weight is 213 g/mol. The molecule has 0 bridgehead atoms. The molecule has 0 aliphatic heterocycles. The maximum Gasteiger partial charge on any atom is 0.0395 e. The van der Waals surface area contributed by atoms with Crippen LogP contribution in [0.5, 0.6) is 0 Å². The number of benzene rings is 2. The molecule has 5 N–H and O–H groups in total. The second kappa shape index (κ2) is 4.14. The molecule has 0 amide bonds. The molecule has 0 spiro atoms. The molecule has 0 unspecified atom stereocenters. The molecule has 0 aromatic heterocycles. The summed E-state index contributed by atoms with van der Waals surface area (Å²) in [6.45, 7) is 0. The number of nitrogen functional groups attached to an aromatic ring is 2. The fraction of sp³-hybridized carbons (Fsp3) is 0.0769. The van der Waals surface area contributed by atoms with Crippen molar-refractivity contribution < 1.29 is 0 Å². The predicted octanol–water partition coefficient (Wildman–Crippen LogP) is 2.56. The Morgan fingerprint density at radius 3 is 2.25 bits per heavy atom. The summed E-state index contributed by atoms with van der Waals surface area (Å²) in [5.41, 5.74) is 16.3. The number of rotatable bonds is 2. The minimum absolute atomic E-state index is 0.757. The van der Waals surface area contributed by atoms with E-state index in [-0.39, 0.29) is 0 Å². The van der Waals surface area contributed by atoms with Crippen molar-refractivity contribution in [2.75, 3.05) is 23.8 Å². The van der Waals surface area contributed by atoms with Crippen molar-refractivity contribution in [1.82, 2.24) is 0 Å².